The van der Waals surface area contributed by atoms with Gasteiger partial charge >= 0.3 is 16.3 Å². The number of piperazine rings is 1. The van der Waals surface area contributed by atoms with Gasteiger partial charge < -0.3 is 4.74 Å². The number of carbonyl (C=O) groups is 1. The Bertz CT molecular complexity index is 465. The number of carbonyl (C=O) groups excluding carboxylic acids is 1. The van der Waals surface area contributed by atoms with E-state index in [1.165, 1.54) is 4.31 Å². The van der Waals surface area contributed by atoms with Gasteiger partial charge in [0.1, 0.15) is 0 Å². The molecule has 0 aromatic heterocycles. The van der Waals surface area contributed by atoms with Crippen molar-refractivity contribution in [3.05, 3.63) is 0 Å². The van der Waals surface area contributed by atoms with Crippen LogP contribution in [0.25, 0.3) is 0 Å². The number of hydrogen-bond donors (Lipinski definition) is 1. The maximum Gasteiger partial charge on any atom is 0.421 e. The minimum atomic E-state index is -3.86. The maximum atomic E-state index is 11.9. The highest BCUT2D eigenvalue weighted by atomic mass is 32.2. The first-order chi connectivity index (χ1) is 9.44. The van der Waals surface area contributed by atoms with E-state index >= 15 is 0 Å². The summed E-state index contributed by atoms with van der Waals surface area (Å²) in [5.74, 6) is 0. The number of ether oxygens (including phenoxy) is 1. The quantitative estimate of drug-likeness (QED) is 0.760. The van der Waals surface area contributed by atoms with Gasteiger partial charge in [-0.05, 0) is 6.42 Å². The van der Waals surface area contributed by atoms with Gasteiger partial charge in [0, 0.05) is 26.2 Å². The van der Waals surface area contributed by atoms with Crippen LogP contribution in [-0.2, 0) is 14.9 Å². The zero-order chi connectivity index (χ0) is 15.2. The van der Waals surface area contributed by atoms with Crippen LogP contribution >= 0.6 is 0 Å². The second-order valence-electron chi connectivity index (χ2n) is 4.47. The van der Waals surface area contributed by atoms with Crippen LogP contribution < -0.4 is 4.72 Å². The Labute approximate surface area is 119 Å². The van der Waals surface area contributed by atoms with Crippen LogP contribution in [0.15, 0.2) is 0 Å². The Morgan fingerprint density at radius 2 is 2.00 bits per heavy atom. The molecule has 0 spiro atoms. The molecule has 0 radical (unpaired) electrons. The third-order valence-electron chi connectivity index (χ3n) is 3.16. The molecule has 0 aliphatic carbocycles. The van der Waals surface area contributed by atoms with Crippen molar-refractivity contribution in [2.45, 2.75) is 25.8 Å². The van der Waals surface area contributed by atoms with Gasteiger partial charge in [-0.25, -0.2) is 9.52 Å². The Morgan fingerprint density at radius 1 is 1.40 bits per heavy atom. The number of methoxy groups -OCH3 is 1. The summed E-state index contributed by atoms with van der Waals surface area (Å²) < 4.78 is 31.0. The number of rotatable bonds is 5. The molecule has 0 saturated carbocycles. The fraction of sp³-hybridized carbons (Fsp3) is 0.818. The number of nitrogens with one attached hydrogen (secondary N) is 1. The monoisotopic (exact) mass is 304 g/mol. The molecule has 1 saturated heterocycles. The van der Waals surface area contributed by atoms with Crippen molar-refractivity contribution in [1.82, 2.24) is 13.9 Å². The van der Waals surface area contributed by atoms with Crippen LogP contribution in [0.2, 0.25) is 0 Å². The molecule has 20 heavy (non-hydrogen) atoms. The summed E-state index contributed by atoms with van der Waals surface area (Å²) in [7, 11) is -2.76. The first-order valence-corrected chi connectivity index (χ1v) is 7.88. The molecule has 8 nitrogen and oxygen atoms in total. The summed E-state index contributed by atoms with van der Waals surface area (Å²) in [6, 6.07) is 2.05. The lowest BCUT2D eigenvalue weighted by Gasteiger charge is -2.35. The van der Waals surface area contributed by atoms with Crippen LogP contribution in [0.4, 0.5) is 4.79 Å². The molecule has 0 aromatic carbocycles. The molecule has 1 aliphatic rings. The van der Waals surface area contributed by atoms with Crippen molar-refractivity contribution in [1.29, 1.82) is 5.26 Å². The first kappa shape index (κ1) is 16.7. The molecule has 1 N–H and O–H groups in total. The van der Waals surface area contributed by atoms with Crippen molar-refractivity contribution in [3.8, 4) is 6.07 Å². The highest BCUT2D eigenvalue weighted by molar-refractivity contribution is 7.87. The Balaban J connectivity index is 2.58. The minimum Gasteiger partial charge on any atom is -0.452 e. The van der Waals surface area contributed by atoms with Gasteiger partial charge in [0.25, 0.3) is 0 Å². The standard InChI is InChI=1S/C11H20N4O4S/c1-3-4-10(9-12)14-5-7-15(8-6-14)20(17,18)13-11(16)19-2/h10H,3-8H2,1-2H3,(H,13,16). The van der Waals surface area contributed by atoms with Crippen molar-refractivity contribution in [2.24, 2.45) is 0 Å². The van der Waals surface area contributed by atoms with Gasteiger partial charge in [-0.3, -0.25) is 4.90 Å². The molecule has 0 bridgehead atoms. The predicted molar refractivity (Wildman–Crippen MR) is 71.9 cm³/mol. The fourth-order valence-electron chi connectivity index (χ4n) is 2.07. The minimum absolute atomic E-state index is 0.182. The zero-order valence-electron chi connectivity index (χ0n) is 11.7. The number of nitrogens with zero attached hydrogens (tertiary/aromatic N) is 3. The largest absolute Gasteiger partial charge is 0.452 e. The summed E-state index contributed by atoms with van der Waals surface area (Å²) >= 11 is 0. The van der Waals surface area contributed by atoms with Crippen molar-refractivity contribution in [2.75, 3.05) is 33.3 Å². The van der Waals surface area contributed by atoms with E-state index < -0.39 is 16.3 Å². The summed E-state index contributed by atoms with van der Waals surface area (Å²) in [6.45, 7) is 3.44. The first-order valence-electron chi connectivity index (χ1n) is 6.44. The summed E-state index contributed by atoms with van der Waals surface area (Å²) in [6.07, 6.45) is 0.665. The fourth-order valence-corrected chi connectivity index (χ4v) is 3.14. The van der Waals surface area contributed by atoms with Gasteiger partial charge in [0.05, 0.1) is 19.2 Å². The van der Waals surface area contributed by atoms with Crippen molar-refractivity contribution in [3.63, 3.8) is 0 Å². The van der Waals surface area contributed by atoms with Gasteiger partial charge in [0.15, 0.2) is 0 Å². The lowest BCUT2D eigenvalue weighted by molar-refractivity contribution is 0.153. The van der Waals surface area contributed by atoms with Gasteiger partial charge in [-0.2, -0.15) is 18.0 Å². The highest BCUT2D eigenvalue weighted by Gasteiger charge is 2.30. The van der Waals surface area contributed by atoms with Crippen molar-refractivity contribution >= 4 is 16.3 Å². The molecule has 1 unspecified atom stereocenters. The van der Waals surface area contributed by atoms with E-state index in [1.807, 2.05) is 16.5 Å². The van der Waals surface area contributed by atoms with Crippen LogP contribution in [0.1, 0.15) is 19.8 Å². The lowest BCUT2D eigenvalue weighted by Crippen LogP contribution is -2.54. The second kappa shape index (κ2) is 7.42. The van der Waals surface area contributed by atoms with E-state index in [9.17, 15) is 13.2 Å². The molecule has 114 valence electrons. The Hall–Kier alpha value is -1.37. The Kier molecular flexibility index (Phi) is 6.19. The predicted octanol–water partition coefficient (Wildman–Crippen LogP) is -0.103. The molecule has 9 heteroatoms. The van der Waals surface area contributed by atoms with E-state index in [2.05, 4.69) is 10.8 Å². The second-order valence-corrected chi connectivity index (χ2v) is 6.14. The van der Waals surface area contributed by atoms with Crippen LogP contribution in [-0.4, -0.2) is 63.0 Å². The molecule has 1 rings (SSSR count). The SMILES string of the molecule is CCCC(C#N)N1CCN(S(=O)(=O)NC(=O)OC)CC1. The molecule has 1 fully saturated rings. The Morgan fingerprint density at radius 3 is 2.45 bits per heavy atom. The third kappa shape index (κ3) is 4.33. The third-order valence-corrected chi connectivity index (χ3v) is 4.63. The van der Waals surface area contributed by atoms with Gasteiger partial charge in [0.2, 0.25) is 0 Å². The molecule has 0 aromatic rings. The zero-order valence-corrected chi connectivity index (χ0v) is 12.5. The highest BCUT2D eigenvalue weighted by Crippen LogP contribution is 2.12. The number of amides is 1. The molecular weight excluding hydrogens is 284 g/mol. The topological polar surface area (TPSA) is 103 Å². The van der Waals surface area contributed by atoms with Crippen LogP contribution in [0, 0.1) is 11.3 Å². The number of nitriles is 1. The average Bonchev–Trinajstić information content (AvgIpc) is 2.44. The van der Waals surface area contributed by atoms with Crippen LogP contribution in [0.3, 0.4) is 0 Å². The molecule has 1 aliphatic heterocycles. The molecule has 1 heterocycles. The normalized spacial score (nSPS) is 19.1. The molecule has 1 atom stereocenters. The maximum absolute atomic E-state index is 11.9. The number of hydrogen-bond acceptors (Lipinski definition) is 6. The van der Waals surface area contributed by atoms with Gasteiger partial charge in [-0.15, -0.1) is 0 Å². The molecular formula is C11H20N4O4S. The van der Waals surface area contributed by atoms with Crippen molar-refractivity contribution < 1.29 is 17.9 Å². The van der Waals surface area contributed by atoms with Gasteiger partial charge in [-0.1, -0.05) is 13.3 Å². The van der Waals surface area contributed by atoms with E-state index in [0.29, 0.717) is 13.1 Å². The average molecular weight is 304 g/mol. The lowest BCUT2D eigenvalue weighted by atomic mass is 10.1. The van der Waals surface area contributed by atoms with Crippen LogP contribution in [0.5, 0.6) is 0 Å². The summed E-state index contributed by atoms with van der Waals surface area (Å²) in [4.78, 5) is 12.9. The van der Waals surface area contributed by atoms with E-state index in [1.54, 1.807) is 0 Å². The summed E-state index contributed by atoms with van der Waals surface area (Å²) in [5, 5.41) is 9.09. The van der Waals surface area contributed by atoms with E-state index in [4.69, 9.17) is 5.26 Å². The summed E-state index contributed by atoms with van der Waals surface area (Å²) in [5.41, 5.74) is 0. The van der Waals surface area contributed by atoms with E-state index in [0.717, 1.165) is 20.0 Å². The smallest absolute Gasteiger partial charge is 0.421 e. The van der Waals surface area contributed by atoms with E-state index in [-0.39, 0.29) is 19.1 Å². The molecule has 1 amide bonds.